The summed E-state index contributed by atoms with van der Waals surface area (Å²) in [6, 6.07) is 7.81. The summed E-state index contributed by atoms with van der Waals surface area (Å²) in [6.07, 6.45) is 3.14. The second-order valence-corrected chi connectivity index (χ2v) is 10.4. The Morgan fingerprint density at radius 3 is 2.40 bits per heavy atom. The van der Waals surface area contributed by atoms with Gasteiger partial charge >= 0.3 is 5.97 Å². The summed E-state index contributed by atoms with van der Waals surface area (Å²) in [4.78, 5) is 35.5. The van der Waals surface area contributed by atoms with Crippen LogP contribution in [0.3, 0.4) is 0 Å². The summed E-state index contributed by atoms with van der Waals surface area (Å²) in [5.74, 6) is -0.772. The van der Waals surface area contributed by atoms with Gasteiger partial charge in [0.1, 0.15) is 10.7 Å². The third kappa shape index (κ3) is 5.61. The number of rotatable bonds is 9. The van der Waals surface area contributed by atoms with Crippen LogP contribution in [-0.2, 0) is 7.05 Å². The number of hydrogen-bond acceptors (Lipinski definition) is 8. The maximum absolute atomic E-state index is 12.7. The van der Waals surface area contributed by atoms with E-state index in [1.54, 1.807) is 62.7 Å². The molecular formula is C27H29Cl2N7O4. The van der Waals surface area contributed by atoms with Crippen molar-refractivity contribution in [2.24, 2.45) is 7.05 Å². The summed E-state index contributed by atoms with van der Waals surface area (Å²) in [5, 5.41) is 18.8. The van der Waals surface area contributed by atoms with Crippen molar-refractivity contribution in [3.8, 4) is 11.6 Å². The van der Waals surface area contributed by atoms with Crippen LogP contribution < -0.4 is 20.5 Å². The summed E-state index contributed by atoms with van der Waals surface area (Å²) in [5.41, 5.74) is 2.07. The molecule has 0 fully saturated rings. The van der Waals surface area contributed by atoms with Crippen LogP contribution in [0, 0.1) is 0 Å². The van der Waals surface area contributed by atoms with E-state index in [9.17, 15) is 14.7 Å². The van der Waals surface area contributed by atoms with Gasteiger partial charge in [0.25, 0.3) is 5.56 Å². The highest BCUT2D eigenvalue weighted by Gasteiger charge is 2.33. The molecule has 0 aliphatic carbocycles. The second-order valence-electron chi connectivity index (χ2n) is 9.60. The van der Waals surface area contributed by atoms with Crippen molar-refractivity contribution in [3.05, 3.63) is 85.6 Å². The van der Waals surface area contributed by atoms with Gasteiger partial charge in [0.15, 0.2) is 5.69 Å². The first-order valence-corrected chi connectivity index (χ1v) is 13.0. The van der Waals surface area contributed by atoms with Gasteiger partial charge in [-0.25, -0.2) is 14.5 Å². The highest BCUT2D eigenvalue weighted by Crippen LogP contribution is 2.38. The minimum Gasteiger partial charge on any atom is -0.479 e. The average Bonchev–Trinajstić information content (AvgIpc) is 3.31. The van der Waals surface area contributed by atoms with Gasteiger partial charge in [0, 0.05) is 37.9 Å². The Bertz CT molecular complexity index is 1590. The Balaban J connectivity index is 2.02. The monoisotopic (exact) mass is 585 g/mol. The Morgan fingerprint density at radius 1 is 1.18 bits per heavy atom. The largest absolute Gasteiger partial charge is 0.479 e. The molecule has 40 heavy (non-hydrogen) atoms. The molecule has 2 N–H and O–H groups in total. The number of methoxy groups -OCH3 is 1. The molecule has 13 heteroatoms. The first kappa shape index (κ1) is 28.9. The van der Waals surface area contributed by atoms with Crippen LogP contribution in [0.25, 0.3) is 5.69 Å². The lowest BCUT2D eigenvalue weighted by Crippen LogP contribution is -2.21. The van der Waals surface area contributed by atoms with E-state index in [2.05, 4.69) is 20.4 Å². The van der Waals surface area contributed by atoms with Gasteiger partial charge in [0.05, 0.1) is 30.7 Å². The predicted molar refractivity (Wildman–Crippen MR) is 155 cm³/mol. The van der Waals surface area contributed by atoms with Gasteiger partial charge in [0.2, 0.25) is 11.8 Å². The van der Waals surface area contributed by atoms with E-state index in [0.717, 1.165) is 0 Å². The topological polar surface area (TPSA) is 127 Å². The van der Waals surface area contributed by atoms with E-state index < -0.39 is 12.0 Å². The number of benzene rings is 1. The molecule has 11 nitrogen and oxygen atoms in total. The zero-order valence-electron chi connectivity index (χ0n) is 22.8. The molecule has 0 radical (unpaired) electrons. The molecule has 0 aliphatic heterocycles. The van der Waals surface area contributed by atoms with Crippen molar-refractivity contribution in [1.82, 2.24) is 24.3 Å². The van der Waals surface area contributed by atoms with E-state index >= 15 is 0 Å². The maximum Gasteiger partial charge on any atom is 0.356 e. The summed E-state index contributed by atoms with van der Waals surface area (Å²) in [7, 11) is 6.66. The molecule has 3 aromatic heterocycles. The number of aromatic carboxylic acids is 1. The third-order valence-electron chi connectivity index (χ3n) is 6.20. The number of anilines is 2. The van der Waals surface area contributed by atoms with Gasteiger partial charge in [-0.15, -0.1) is 0 Å². The first-order valence-electron chi connectivity index (χ1n) is 12.3. The molecule has 0 spiro atoms. The standard InChI is InChI=1S/C27H29Cl2N7O4/c1-14(2)23-20(22(26(38)39)33-36(23)19-12-30-27(34(3)4)32-24(19)40-6)21(15-7-9-16(28)10-8-15)31-17-11-18(29)25(37)35(5)13-17/h7-14,21,31H,1-6H3,(H,38,39). The van der Waals surface area contributed by atoms with Crippen molar-refractivity contribution in [2.75, 3.05) is 31.4 Å². The minimum absolute atomic E-state index is 0.0171. The van der Waals surface area contributed by atoms with Crippen molar-refractivity contribution >= 4 is 40.8 Å². The van der Waals surface area contributed by atoms with Crippen LogP contribution in [0.4, 0.5) is 11.6 Å². The molecule has 0 saturated heterocycles. The lowest BCUT2D eigenvalue weighted by molar-refractivity contribution is 0.0688. The van der Waals surface area contributed by atoms with Crippen LogP contribution >= 0.6 is 23.2 Å². The molecule has 210 valence electrons. The molecule has 4 aromatic rings. The van der Waals surface area contributed by atoms with Crippen molar-refractivity contribution in [2.45, 2.75) is 25.8 Å². The molecule has 1 atom stereocenters. The minimum atomic E-state index is -1.22. The fourth-order valence-electron chi connectivity index (χ4n) is 4.38. The highest BCUT2D eigenvalue weighted by molar-refractivity contribution is 6.30. The highest BCUT2D eigenvalue weighted by atomic mass is 35.5. The Morgan fingerprint density at radius 2 is 1.85 bits per heavy atom. The van der Waals surface area contributed by atoms with Gasteiger partial charge in [-0.2, -0.15) is 10.1 Å². The molecule has 0 amide bonds. The van der Waals surface area contributed by atoms with E-state index in [-0.39, 0.29) is 28.1 Å². The van der Waals surface area contributed by atoms with E-state index in [1.165, 1.54) is 22.4 Å². The molecule has 1 aromatic carbocycles. The number of carboxylic acids is 1. The number of pyridine rings is 1. The van der Waals surface area contributed by atoms with Gasteiger partial charge in [-0.3, -0.25) is 4.79 Å². The van der Waals surface area contributed by atoms with Crippen molar-refractivity contribution in [1.29, 1.82) is 0 Å². The number of nitrogens with zero attached hydrogens (tertiary/aromatic N) is 6. The van der Waals surface area contributed by atoms with Gasteiger partial charge < -0.3 is 24.6 Å². The van der Waals surface area contributed by atoms with Crippen molar-refractivity contribution in [3.63, 3.8) is 0 Å². The quantitative estimate of drug-likeness (QED) is 0.285. The molecule has 3 heterocycles. The van der Waals surface area contributed by atoms with Crippen molar-refractivity contribution < 1.29 is 14.6 Å². The van der Waals surface area contributed by atoms with Gasteiger partial charge in [-0.05, 0) is 29.7 Å². The number of ether oxygens (including phenoxy) is 1. The van der Waals surface area contributed by atoms with Crippen LogP contribution in [0.1, 0.15) is 53.1 Å². The van der Waals surface area contributed by atoms with Crippen LogP contribution in [0.5, 0.6) is 5.88 Å². The van der Waals surface area contributed by atoms with E-state index in [1.807, 2.05) is 13.8 Å². The predicted octanol–water partition coefficient (Wildman–Crippen LogP) is 4.77. The van der Waals surface area contributed by atoms with Gasteiger partial charge in [-0.1, -0.05) is 49.2 Å². The summed E-state index contributed by atoms with van der Waals surface area (Å²) in [6.45, 7) is 3.87. The number of aromatic nitrogens is 5. The lowest BCUT2D eigenvalue weighted by atomic mass is 9.92. The normalized spacial score (nSPS) is 11.9. The average molecular weight is 586 g/mol. The Hall–Kier alpha value is -4.09. The Kier molecular flexibility index (Phi) is 8.36. The van der Waals surface area contributed by atoms with Crippen LogP contribution in [0.2, 0.25) is 10.0 Å². The van der Waals surface area contributed by atoms with Crippen LogP contribution in [-0.4, -0.2) is 56.6 Å². The summed E-state index contributed by atoms with van der Waals surface area (Å²) < 4.78 is 8.43. The SMILES string of the molecule is COc1nc(N(C)C)ncc1-n1nc(C(=O)O)c(C(Nc2cc(Cl)c(=O)n(C)c2)c2ccc(Cl)cc2)c1C(C)C. The number of halogens is 2. The fourth-order valence-corrected chi connectivity index (χ4v) is 4.76. The second kappa shape index (κ2) is 11.6. The lowest BCUT2D eigenvalue weighted by Gasteiger charge is -2.24. The molecular weight excluding hydrogens is 557 g/mol. The zero-order valence-corrected chi connectivity index (χ0v) is 24.3. The van der Waals surface area contributed by atoms with E-state index in [0.29, 0.717) is 39.2 Å². The molecule has 4 rings (SSSR count). The Labute approximate surface area is 241 Å². The zero-order chi connectivity index (χ0) is 29.3. The van der Waals surface area contributed by atoms with Crippen LogP contribution in [0.15, 0.2) is 47.5 Å². The van der Waals surface area contributed by atoms with E-state index in [4.69, 9.17) is 27.9 Å². The third-order valence-corrected chi connectivity index (χ3v) is 6.72. The maximum atomic E-state index is 12.7. The fraction of sp³-hybridized carbons (Fsp3) is 0.296. The molecule has 0 saturated carbocycles. The molecule has 0 bridgehead atoms. The number of carbonyl (C=O) groups is 1. The number of aryl methyl sites for hydroxylation is 1. The smallest absolute Gasteiger partial charge is 0.356 e. The number of carboxylic acid groups (broad SMARTS) is 1. The number of nitrogens with one attached hydrogen (secondary N) is 1. The number of hydrogen-bond donors (Lipinski definition) is 2. The molecule has 1 unspecified atom stereocenters. The summed E-state index contributed by atoms with van der Waals surface area (Å²) >= 11 is 12.4. The molecule has 0 aliphatic rings. The first-order chi connectivity index (χ1) is 18.9.